The fourth-order valence-electron chi connectivity index (χ4n) is 1.38. The molecule has 1 rings (SSSR count). The third-order valence-electron chi connectivity index (χ3n) is 2.31. The minimum Gasteiger partial charge on any atom is -0.396 e. The molecule has 15 heavy (non-hydrogen) atoms. The van der Waals surface area contributed by atoms with Crippen LogP contribution in [0, 0.1) is 11.3 Å². The van der Waals surface area contributed by atoms with Crippen molar-refractivity contribution in [2.45, 2.75) is 32.4 Å². The Morgan fingerprint density at radius 1 is 1.60 bits per heavy atom. The summed E-state index contributed by atoms with van der Waals surface area (Å²) in [6, 6.07) is 6.30. The van der Waals surface area contributed by atoms with Gasteiger partial charge in [-0.3, -0.25) is 0 Å². The van der Waals surface area contributed by atoms with E-state index in [9.17, 15) is 0 Å². The van der Waals surface area contributed by atoms with Crippen molar-refractivity contribution >= 4 is 11.3 Å². The normalized spacial score (nSPS) is 12.3. The fourth-order valence-corrected chi connectivity index (χ4v) is 2.14. The Bertz CT molecular complexity index is 330. The van der Waals surface area contributed by atoms with Crippen molar-refractivity contribution in [3.63, 3.8) is 0 Å². The van der Waals surface area contributed by atoms with Crippen molar-refractivity contribution in [2.24, 2.45) is 0 Å². The number of nitrogens with zero attached hydrogens (tertiary/aromatic N) is 1. The van der Waals surface area contributed by atoms with E-state index >= 15 is 0 Å². The van der Waals surface area contributed by atoms with E-state index in [0.717, 1.165) is 24.3 Å². The van der Waals surface area contributed by atoms with E-state index in [-0.39, 0.29) is 6.61 Å². The van der Waals surface area contributed by atoms with Crippen LogP contribution in [0.15, 0.2) is 12.1 Å². The average Bonchev–Trinajstić information content (AvgIpc) is 2.72. The molecule has 0 amide bonds. The second-order valence-electron chi connectivity index (χ2n) is 3.38. The minimum absolute atomic E-state index is 0.222. The number of hydrogen-bond donors (Lipinski definition) is 2. The molecule has 0 saturated carbocycles. The molecule has 1 unspecified atom stereocenters. The van der Waals surface area contributed by atoms with E-state index in [0.29, 0.717) is 6.04 Å². The van der Waals surface area contributed by atoms with Crippen LogP contribution in [-0.2, 0) is 6.54 Å². The topological polar surface area (TPSA) is 56.0 Å². The lowest BCUT2D eigenvalue weighted by Crippen LogP contribution is -2.28. The van der Waals surface area contributed by atoms with Crippen LogP contribution in [0.25, 0.3) is 0 Å². The molecule has 4 heteroatoms. The molecule has 3 nitrogen and oxygen atoms in total. The van der Waals surface area contributed by atoms with Crippen molar-refractivity contribution in [1.82, 2.24) is 5.32 Å². The Kier molecular flexibility index (Phi) is 5.33. The van der Waals surface area contributed by atoms with Gasteiger partial charge in [0.15, 0.2) is 0 Å². The number of hydrogen-bond acceptors (Lipinski definition) is 4. The van der Waals surface area contributed by atoms with E-state index in [1.165, 1.54) is 16.2 Å². The number of rotatable bonds is 6. The Hall–Kier alpha value is -0.890. The molecular formula is C11H16N2OS. The lowest BCUT2D eigenvalue weighted by atomic mass is 10.1. The summed E-state index contributed by atoms with van der Waals surface area (Å²) in [6.07, 6.45) is 1.80. The summed E-state index contributed by atoms with van der Waals surface area (Å²) in [5.74, 6) is 0. The van der Waals surface area contributed by atoms with Gasteiger partial charge in [0.05, 0.1) is 0 Å². The molecule has 1 aromatic heterocycles. The van der Waals surface area contributed by atoms with Crippen molar-refractivity contribution in [3.05, 3.63) is 21.9 Å². The van der Waals surface area contributed by atoms with Gasteiger partial charge in [-0.05, 0) is 25.0 Å². The zero-order valence-corrected chi connectivity index (χ0v) is 9.68. The molecule has 1 heterocycles. The van der Waals surface area contributed by atoms with Crippen LogP contribution in [0.2, 0.25) is 0 Å². The van der Waals surface area contributed by atoms with Crippen LogP contribution in [0.3, 0.4) is 0 Å². The van der Waals surface area contributed by atoms with Gasteiger partial charge < -0.3 is 10.4 Å². The Balaban J connectivity index is 2.38. The minimum atomic E-state index is 0.222. The molecule has 0 aliphatic carbocycles. The van der Waals surface area contributed by atoms with Gasteiger partial charge in [-0.1, -0.05) is 6.92 Å². The Labute approximate surface area is 94.4 Å². The monoisotopic (exact) mass is 224 g/mol. The number of thiophene rings is 1. The molecule has 0 aliphatic heterocycles. The highest BCUT2D eigenvalue weighted by atomic mass is 32.1. The molecular weight excluding hydrogens is 208 g/mol. The first-order valence-corrected chi connectivity index (χ1v) is 5.94. The zero-order valence-electron chi connectivity index (χ0n) is 8.86. The maximum atomic E-state index is 8.83. The van der Waals surface area contributed by atoms with Crippen molar-refractivity contribution in [3.8, 4) is 6.07 Å². The summed E-state index contributed by atoms with van der Waals surface area (Å²) in [4.78, 5) is 1.92. The SMILES string of the molecule is CCC(CCO)NCc1ccc(C#N)s1. The maximum Gasteiger partial charge on any atom is 0.110 e. The molecule has 82 valence electrons. The van der Waals surface area contributed by atoms with Gasteiger partial charge >= 0.3 is 0 Å². The standard InChI is InChI=1S/C11H16N2OS/c1-2-9(5-6-14)13-8-11-4-3-10(7-12)15-11/h3-4,9,13-14H,2,5-6,8H2,1H3. The smallest absolute Gasteiger partial charge is 0.110 e. The van der Waals surface area contributed by atoms with Gasteiger partial charge in [-0.25, -0.2) is 0 Å². The lowest BCUT2D eigenvalue weighted by Gasteiger charge is -2.14. The summed E-state index contributed by atoms with van der Waals surface area (Å²) >= 11 is 1.52. The predicted molar refractivity (Wildman–Crippen MR) is 61.7 cm³/mol. The van der Waals surface area contributed by atoms with Crippen molar-refractivity contribution in [1.29, 1.82) is 5.26 Å². The molecule has 0 spiro atoms. The molecule has 0 fully saturated rings. The van der Waals surface area contributed by atoms with Crippen molar-refractivity contribution in [2.75, 3.05) is 6.61 Å². The van der Waals surface area contributed by atoms with Crippen LogP contribution in [-0.4, -0.2) is 17.8 Å². The van der Waals surface area contributed by atoms with Crippen LogP contribution in [0.5, 0.6) is 0 Å². The van der Waals surface area contributed by atoms with Crippen LogP contribution in [0.1, 0.15) is 29.5 Å². The van der Waals surface area contributed by atoms with E-state index < -0.39 is 0 Å². The van der Waals surface area contributed by atoms with Gasteiger partial charge in [0.1, 0.15) is 10.9 Å². The summed E-state index contributed by atoms with van der Waals surface area (Å²) in [6.45, 7) is 3.10. The summed E-state index contributed by atoms with van der Waals surface area (Å²) in [5, 5.41) is 20.9. The first kappa shape index (κ1) is 12.2. The maximum absolute atomic E-state index is 8.83. The van der Waals surface area contributed by atoms with Gasteiger partial charge in [-0.2, -0.15) is 5.26 Å². The van der Waals surface area contributed by atoms with Gasteiger partial charge in [0, 0.05) is 24.1 Å². The molecule has 0 bridgehead atoms. The van der Waals surface area contributed by atoms with Gasteiger partial charge in [-0.15, -0.1) is 11.3 Å². The van der Waals surface area contributed by atoms with Gasteiger partial charge in [0.2, 0.25) is 0 Å². The highest BCUT2D eigenvalue weighted by molar-refractivity contribution is 7.12. The number of nitrogens with one attached hydrogen (secondary N) is 1. The van der Waals surface area contributed by atoms with Gasteiger partial charge in [0.25, 0.3) is 0 Å². The summed E-state index contributed by atoms with van der Waals surface area (Å²) < 4.78 is 0. The molecule has 0 saturated heterocycles. The van der Waals surface area contributed by atoms with Crippen molar-refractivity contribution < 1.29 is 5.11 Å². The largest absolute Gasteiger partial charge is 0.396 e. The quantitative estimate of drug-likeness (QED) is 0.775. The summed E-state index contributed by atoms with van der Waals surface area (Å²) in [7, 11) is 0. The Morgan fingerprint density at radius 3 is 2.93 bits per heavy atom. The number of aliphatic hydroxyl groups excluding tert-OH is 1. The van der Waals surface area contributed by atoms with E-state index in [4.69, 9.17) is 10.4 Å². The predicted octanol–water partition coefficient (Wildman–Crippen LogP) is 1.87. The Morgan fingerprint density at radius 2 is 2.40 bits per heavy atom. The van der Waals surface area contributed by atoms with E-state index in [1.807, 2.05) is 12.1 Å². The highest BCUT2D eigenvalue weighted by Crippen LogP contribution is 2.15. The van der Waals surface area contributed by atoms with E-state index in [2.05, 4.69) is 18.3 Å². The fraction of sp³-hybridized carbons (Fsp3) is 0.545. The molecule has 1 atom stereocenters. The second-order valence-corrected chi connectivity index (χ2v) is 4.54. The van der Waals surface area contributed by atoms with Crippen LogP contribution >= 0.6 is 11.3 Å². The summed E-state index contributed by atoms with van der Waals surface area (Å²) in [5.41, 5.74) is 0. The van der Waals surface area contributed by atoms with Crippen LogP contribution in [0.4, 0.5) is 0 Å². The van der Waals surface area contributed by atoms with Crippen LogP contribution < -0.4 is 5.32 Å². The molecule has 2 N–H and O–H groups in total. The second kappa shape index (κ2) is 6.57. The molecule has 1 aromatic rings. The van der Waals surface area contributed by atoms with E-state index in [1.54, 1.807) is 0 Å². The third-order valence-corrected chi connectivity index (χ3v) is 3.30. The molecule has 0 aromatic carbocycles. The highest BCUT2D eigenvalue weighted by Gasteiger charge is 2.05. The first-order valence-electron chi connectivity index (χ1n) is 5.13. The first-order chi connectivity index (χ1) is 7.30. The molecule has 0 aliphatic rings. The third kappa shape index (κ3) is 4.00. The zero-order chi connectivity index (χ0) is 11.1. The number of aliphatic hydroxyl groups is 1. The number of nitriles is 1. The average molecular weight is 224 g/mol. The molecule has 0 radical (unpaired) electrons. The lowest BCUT2D eigenvalue weighted by molar-refractivity contribution is 0.262.